The Morgan fingerprint density at radius 2 is 1.83 bits per heavy atom. The molecule has 20 heteroatoms. The monoisotopic (exact) mass is 491 g/mol. The van der Waals surface area contributed by atoms with Gasteiger partial charge < -0.3 is 35.2 Å². The molecule has 2 aromatic rings. The number of anilines is 1. The third-order valence-electron chi connectivity index (χ3n) is 3.72. The number of phosphoric acid groups is 3. The Kier molecular flexibility index (Phi) is 6.47. The first-order valence-corrected chi connectivity index (χ1v) is 12.3. The maximum atomic E-state index is 11.8. The normalized spacial score (nSPS) is 26.5. The number of aromatic nitrogens is 4. The van der Waals surface area contributed by atoms with E-state index in [9.17, 15) is 23.7 Å². The summed E-state index contributed by atoms with van der Waals surface area (Å²) >= 11 is 0. The highest BCUT2D eigenvalue weighted by atomic mass is 31.3. The number of nitrogen functional groups attached to an aromatic ring is 1. The van der Waals surface area contributed by atoms with Gasteiger partial charge in [0.25, 0.3) is 0 Å². The van der Waals surface area contributed by atoms with Crippen LogP contribution in [-0.2, 0) is 31.6 Å². The van der Waals surface area contributed by atoms with Crippen LogP contribution in [0.5, 0.6) is 0 Å². The zero-order valence-corrected chi connectivity index (χ0v) is 17.3. The fraction of sp³-hybridized carbons (Fsp3) is 0.500. The van der Waals surface area contributed by atoms with Crippen molar-refractivity contribution in [1.82, 2.24) is 19.5 Å². The molecule has 2 aromatic heterocycles. The summed E-state index contributed by atoms with van der Waals surface area (Å²) in [6.07, 6.45) is -0.643. The molecule has 1 fully saturated rings. The first-order valence-electron chi connectivity index (χ1n) is 7.81. The summed E-state index contributed by atoms with van der Waals surface area (Å²) < 4.78 is 52.3. The van der Waals surface area contributed by atoms with Crippen molar-refractivity contribution in [3.05, 3.63) is 12.7 Å². The maximum Gasteiger partial charge on any atom is 0.490 e. The molecule has 3 heterocycles. The lowest BCUT2D eigenvalue weighted by atomic mass is 10.2. The van der Waals surface area contributed by atoms with Gasteiger partial charge in [-0.25, -0.2) is 28.6 Å². The number of hydrogen-bond acceptors (Lipinski definition) is 12. The van der Waals surface area contributed by atoms with E-state index in [2.05, 4.69) is 28.1 Å². The summed E-state index contributed by atoms with van der Waals surface area (Å²) in [6.45, 7) is -0.787. The smallest absolute Gasteiger partial charge is 0.390 e. The van der Waals surface area contributed by atoms with Crippen molar-refractivity contribution in [2.75, 3.05) is 12.3 Å². The van der Waals surface area contributed by atoms with E-state index in [1.165, 1.54) is 17.2 Å². The number of ether oxygens (including phenoxy) is 1. The number of phosphoric ester groups is 1. The summed E-state index contributed by atoms with van der Waals surface area (Å²) in [5, 5.41) is 10.1. The summed E-state index contributed by atoms with van der Waals surface area (Å²) in [5.74, 6) is 0.126. The van der Waals surface area contributed by atoms with Gasteiger partial charge >= 0.3 is 23.5 Å². The van der Waals surface area contributed by atoms with Crippen molar-refractivity contribution in [3.8, 4) is 0 Å². The number of rotatable bonds is 8. The highest BCUT2D eigenvalue weighted by Crippen LogP contribution is 2.66. The van der Waals surface area contributed by atoms with Crippen molar-refractivity contribution >= 4 is 40.4 Å². The zero-order chi connectivity index (χ0) is 22.3. The molecule has 2 unspecified atom stereocenters. The minimum absolute atomic E-state index is 0.000206. The molecule has 30 heavy (non-hydrogen) atoms. The van der Waals surface area contributed by atoms with Crippen molar-refractivity contribution in [2.45, 2.75) is 24.9 Å². The predicted octanol–water partition coefficient (Wildman–Crippen LogP) is -0.600. The lowest BCUT2D eigenvalue weighted by Crippen LogP contribution is -2.26. The van der Waals surface area contributed by atoms with E-state index in [0.717, 1.165) is 0 Å². The van der Waals surface area contributed by atoms with Crippen molar-refractivity contribution in [1.29, 1.82) is 0 Å². The van der Waals surface area contributed by atoms with Gasteiger partial charge in [0, 0.05) is 6.42 Å². The second kappa shape index (κ2) is 8.31. The second-order valence-corrected chi connectivity index (χ2v) is 10.3. The molecule has 1 saturated heterocycles. The van der Waals surface area contributed by atoms with E-state index in [-0.39, 0.29) is 12.2 Å². The minimum atomic E-state index is -5.64. The SMILES string of the molecule is Nc1ncnc2c1ncn2[C@@H]1C[C@@H](O)[C@H](COP(=O)(O)OP(=O)(O)OP(=O)(O)O)O1. The van der Waals surface area contributed by atoms with Gasteiger partial charge in [-0.2, -0.15) is 8.62 Å². The van der Waals surface area contributed by atoms with Crippen LogP contribution < -0.4 is 5.73 Å². The predicted molar refractivity (Wildman–Crippen MR) is 94.1 cm³/mol. The topological polar surface area (TPSA) is 259 Å². The first-order chi connectivity index (χ1) is 13.8. The van der Waals surface area contributed by atoms with Crippen LogP contribution in [0.1, 0.15) is 12.6 Å². The van der Waals surface area contributed by atoms with Gasteiger partial charge in [0.2, 0.25) is 0 Å². The largest absolute Gasteiger partial charge is 0.490 e. The molecule has 0 bridgehead atoms. The standard InChI is InChI=1S/C10H16N5O12P3/c11-9-8-10(13-3-12-9)15(4-14-8)7-1-5(16)6(25-7)2-24-29(20,21)27-30(22,23)26-28(17,18)19/h3-7,16H,1-2H2,(H,20,21)(H,22,23)(H2,11,12,13)(H2,17,18,19)/t5-,6+,7+/m1/s1. The van der Waals surface area contributed by atoms with Gasteiger partial charge in [-0.3, -0.25) is 9.09 Å². The van der Waals surface area contributed by atoms with Crippen LogP contribution in [0.4, 0.5) is 5.82 Å². The van der Waals surface area contributed by atoms with Crippen molar-refractivity contribution < 1.29 is 56.3 Å². The van der Waals surface area contributed by atoms with Crippen molar-refractivity contribution in [3.63, 3.8) is 0 Å². The van der Waals surface area contributed by atoms with Crippen LogP contribution in [0.25, 0.3) is 11.2 Å². The molecule has 0 radical (unpaired) electrons. The van der Waals surface area contributed by atoms with Crippen LogP contribution in [0.2, 0.25) is 0 Å². The summed E-state index contributed by atoms with van der Waals surface area (Å²) in [5.41, 5.74) is 6.31. The Morgan fingerprint density at radius 1 is 1.13 bits per heavy atom. The Morgan fingerprint density at radius 3 is 2.50 bits per heavy atom. The van der Waals surface area contributed by atoms with Crippen LogP contribution in [0.15, 0.2) is 12.7 Å². The molecule has 1 aliphatic rings. The van der Waals surface area contributed by atoms with Gasteiger partial charge in [0.15, 0.2) is 11.5 Å². The van der Waals surface area contributed by atoms with E-state index in [0.29, 0.717) is 11.2 Å². The Bertz CT molecular complexity index is 1070. The average Bonchev–Trinajstić information content (AvgIpc) is 3.14. The van der Waals surface area contributed by atoms with E-state index in [1.54, 1.807) is 0 Å². The van der Waals surface area contributed by atoms with Crippen LogP contribution in [0.3, 0.4) is 0 Å². The molecule has 17 nitrogen and oxygen atoms in total. The second-order valence-electron chi connectivity index (χ2n) is 5.90. The van der Waals surface area contributed by atoms with E-state index in [1.807, 2.05) is 0 Å². The first kappa shape index (κ1) is 23.3. The van der Waals surface area contributed by atoms with Gasteiger partial charge in [0.1, 0.15) is 24.2 Å². The number of imidazole rings is 1. The van der Waals surface area contributed by atoms with Crippen LogP contribution in [-0.4, -0.2) is 63.0 Å². The zero-order valence-electron chi connectivity index (χ0n) is 14.6. The summed E-state index contributed by atoms with van der Waals surface area (Å²) in [4.78, 5) is 47.4. The van der Waals surface area contributed by atoms with Crippen molar-refractivity contribution in [2.24, 2.45) is 0 Å². The summed E-state index contributed by atoms with van der Waals surface area (Å²) in [6, 6.07) is 0. The molecule has 0 aromatic carbocycles. The fourth-order valence-corrected chi connectivity index (χ4v) is 5.62. The molecule has 0 spiro atoms. The molecular formula is C10H16N5O12P3. The molecule has 7 N–H and O–H groups in total. The third kappa shape index (κ3) is 5.68. The van der Waals surface area contributed by atoms with E-state index < -0.39 is 48.5 Å². The van der Waals surface area contributed by atoms with Gasteiger partial charge in [-0.15, -0.1) is 0 Å². The fourth-order valence-electron chi connectivity index (χ4n) is 2.59. The molecule has 1 aliphatic heterocycles. The maximum absolute atomic E-state index is 11.8. The number of aliphatic hydroxyl groups excluding tert-OH is 1. The van der Waals surface area contributed by atoms with Crippen LogP contribution in [0, 0.1) is 0 Å². The number of nitrogens with zero attached hydrogens (tertiary/aromatic N) is 4. The van der Waals surface area contributed by atoms with Crippen LogP contribution >= 0.6 is 23.5 Å². The average molecular weight is 491 g/mol. The number of hydrogen-bond donors (Lipinski definition) is 6. The van der Waals surface area contributed by atoms with Gasteiger partial charge in [-0.05, 0) is 0 Å². The quantitative estimate of drug-likeness (QED) is 0.252. The lowest BCUT2D eigenvalue weighted by Gasteiger charge is -2.19. The number of fused-ring (bicyclic) bond motifs is 1. The molecule has 0 aliphatic carbocycles. The highest BCUT2D eigenvalue weighted by Gasteiger charge is 2.43. The summed E-state index contributed by atoms with van der Waals surface area (Å²) in [7, 11) is -16.5. The van der Waals surface area contributed by atoms with E-state index >= 15 is 0 Å². The molecular weight excluding hydrogens is 475 g/mol. The lowest BCUT2D eigenvalue weighted by molar-refractivity contribution is -0.0423. The molecule has 5 atom stereocenters. The Labute approximate surface area is 166 Å². The van der Waals surface area contributed by atoms with Gasteiger partial charge in [-0.1, -0.05) is 0 Å². The number of nitrogens with two attached hydrogens (primary N) is 1. The van der Waals surface area contributed by atoms with E-state index in [4.69, 9.17) is 25.2 Å². The highest BCUT2D eigenvalue weighted by molar-refractivity contribution is 7.66. The molecule has 0 saturated carbocycles. The molecule has 0 amide bonds. The minimum Gasteiger partial charge on any atom is -0.390 e. The number of aliphatic hydroxyl groups is 1. The Balaban J connectivity index is 1.64. The molecule has 168 valence electrons. The Hall–Kier alpha value is -1.32. The third-order valence-corrected chi connectivity index (χ3v) is 7.52. The molecule has 3 rings (SSSR count). The van der Waals surface area contributed by atoms with Gasteiger partial charge in [0.05, 0.1) is 19.0 Å².